The summed E-state index contributed by atoms with van der Waals surface area (Å²) in [6.07, 6.45) is -0.666. The molecule has 4 atom stereocenters. The summed E-state index contributed by atoms with van der Waals surface area (Å²) in [7, 11) is 1.23. The van der Waals surface area contributed by atoms with Crippen LogP contribution in [0.4, 0.5) is 0 Å². The Morgan fingerprint density at radius 2 is 1.29 bits per heavy atom. The van der Waals surface area contributed by atoms with Crippen molar-refractivity contribution >= 4 is 23.9 Å². The van der Waals surface area contributed by atoms with Crippen LogP contribution >= 0.6 is 0 Å². The standard InChI is InChI=1S/C29H45NO8/c1-16(2)20(8)26(32)37-23-12-11-22(13-24(23)38-27(33)21(9)17(3)4)15-29(30,28(34)35-10)14-19(7)36-25(31)18(5)6/h11-13,16-21H,14-15,30H2,1-10H3/t19?,20?,21?,29-/m1/s1. The van der Waals surface area contributed by atoms with Crippen molar-refractivity contribution in [1.82, 2.24) is 0 Å². The van der Waals surface area contributed by atoms with E-state index in [1.54, 1.807) is 40.7 Å². The van der Waals surface area contributed by atoms with Gasteiger partial charge in [0.15, 0.2) is 11.5 Å². The molecule has 0 fully saturated rings. The van der Waals surface area contributed by atoms with Gasteiger partial charge in [-0.3, -0.25) is 19.2 Å². The summed E-state index contributed by atoms with van der Waals surface area (Å²) in [6.45, 7) is 16.2. The predicted molar refractivity (Wildman–Crippen MR) is 143 cm³/mol. The third-order valence-corrected chi connectivity index (χ3v) is 6.72. The van der Waals surface area contributed by atoms with Crippen LogP contribution in [0.25, 0.3) is 0 Å². The zero-order valence-electron chi connectivity index (χ0n) is 24.5. The summed E-state index contributed by atoms with van der Waals surface area (Å²) in [5.41, 5.74) is 5.51. The molecule has 38 heavy (non-hydrogen) atoms. The maximum absolute atomic E-state index is 12.8. The van der Waals surface area contributed by atoms with Gasteiger partial charge in [0.25, 0.3) is 0 Å². The Morgan fingerprint density at radius 3 is 1.74 bits per heavy atom. The maximum Gasteiger partial charge on any atom is 0.326 e. The van der Waals surface area contributed by atoms with Crippen molar-refractivity contribution in [3.63, 3.8) is 0 Å². The second kappa shape index (κ2) is 14.3. The first kappa shape index (κ1) is 33.1. The van der Waals surface area contributed by atoms with Crippen LogP contribution in [0.5, 0.6) is 11.5 Å². The summed E-state index contributed by atoms with van der Waals surface area (Å²) < 4.78 is 21.6. The molecule has 1 aromatic carbocycles. The Labute approximate surface area is 226 Å². The lowest BCUT2D eigenvalue weighted by Gasteiger charge is -2.30. The minimum Gasteiger partial charge on any atom is -0.468 e. The number of methoxy groups -OCH3 is 1. The Balaban J connectivity index is 3.37. The first-order valence-electron chi connectivity index (χ1n) is 13.2. The Morgan fingerprint density at radius 1 is 0.789 bits per heavy atom. The van der Waals surface area contributed by atoms with Crippen molar-refractivity contribution in [3.05, 3.63) is 23.8 Å². The fourth-order valence-electron chi connectivity index (χ4n) is 3.46. The van der Waals surface area contributed by atoms with Gasteiger partial charge in [0.2, 0.25) is 0 Å². The first-order chi connectivity index (χ1) is 17.5. The Bertz CT molecular complexity index is 987. The summed E-state index contributed by atoms with van der Waals surface area (Å²) in [6, 6.07) is 4.69. The Hall–Kier alpha value is -2.94. The smallest absolute Gasteiger partial charge is 0.326 e. The normalized spacial score (nSPS) is 15.4. The molecule has 214 valence electrons. The van der Waals surface area contributed by atoms with Crippen LogP contribution in [-0.4, -0.2) is 42.6 Å². The van der Waals surface area contributed by atoms with Crippen molar-refractivity contribution in [2.45, 2.75) is 86.8 Å². The van der Waals surface area contributed by atoms with E-state index < -0.39 is 41.4 Å². The molecule has 9 heteroatoms. The van der Waals surface area contributed by atoms with Gasteiger partial charge < -0.3 is 24.7 Å². The largest absolute Gasteiger partial charge is 0.468 e. The van der Waals surface area contributed by atoms with Crippen LogP contribution in [0.15, 0.2) is 18.2 Å². The van der Waals surface area contributed by atoms with Gasteiger partial charge in [0.05, 0.1) is 24.9 Å². The van der Waals surface area contributed by atoms with Gasteiger partial charge in [-0.05, 0) is 36.5 Å². The summed E-state index contributed by atoms with van der Waals surface area (Å²) in [5, 5.41) is 0. The van der Waals surface area contributed by atoms with E-state index in [2.05, 4.69) is 0 Å². The third kappa shape index (κ3) is 9.42. The molecule has 1 rings (SSSR count). The number of carbonyl (C=O) groups is 4. The monoisotopic (exact) mass is 535 g/mol. The average molecular weight is 536 g/mol. The minimum atomic E-state index is -1.54. The van der Waals surface area contributed by atoms with Crippen LogP contribution in [0, 0.1) is 29.6 Å². The quantitative estimate of drug-likeness (QED) is 0.287. The number of hydrogen-bond acceptors (Lipinski definition) is 9. The second-order valence-corrected chi connectivity index (χ2v) is 11.1. The molecule has 1 aromatic rings. The molecule has 0 radical (unpaired) electrons. The van der Waals surface area contributed by atoms with Gasteiger partial charge in [-0.15, -0.1) is 0 Å². The van der Waals surface area contributed by atoms with E-state index in [1.165, 1.54) is 19.2 Å². The summed E-state index contributed by atoms with van der Waals surface area (Å²) >= 11 is 0. The minimum absolute atomic E-state index is 0.000276. The lowest BCUT2D eigenvalue weighted by atomic mass is 9.86. The van der Waals surface area contributed by atoms with Crippen LogP contribution < -0.4 is 15.2 Å². The lowest BCUT2D eigenvalue weighted by Crippen LogP contribution is -2.53. The Kier molecular flexibility index (Phi) is 12.4. The number of esters is 4. The second-order valence-electron chi connectivity index (χ2n) is 11.1. The van der Waals surface area contributed by atoms with Crippen LogP contribution in [0.1, 0.15) is 74.3 Å². The number of ether oxygens (including phenoxy) is 4. The molecule has 0 heterocycles. The van der Waals surface area contributed by atoms with Crippen LogP contribution in [0.3, 0.4) is 0 Å². The zero-order chi connectivity index (χ0) is 29.4. The molecule has 0 bridgehead atoms. The molecule has 0 spiro atoms. The van der Waals surface area contributed by atoms with Crippen molar-refractivity contribution in [2.24, 2.45) is 35.3 Å². The summed E-state index contributed by atoms with van der Waals surface area (Å²) in [4.78, 5) is 50.2. The van der Waals surface area contributed by atoms with Gasteiger partial charge in [0.1, 0.15) is 11.6 Å². The van der Waals surface area contributed by atoms with E-state index in [9.17, 15) is 19.2 Å². The number of nitrogens with two attached hydrogens (primary N) is 1. The molecule has 0 aromatic heterocycles. The number of rotatable bonds is 13. The molecule has 3 unspecified atom stereocenters. The van der Waals surface area contributed by atoms with E-state index in [4.69, 9.17) is 24.7 Å². The molecule has 9 nitrogen and oxygen atoms in total. The van der Waals surface area contributed by atoms with E-state index in [0.717, 1.165) is 0 Å². The fraction of sp³-hybridized carbons (Fsp3) is 0.655. The van der Waals surface area contributed by atoms with Crippen molar-refractivity contribution < 1.29 is 38.1 Å². The fourth-order valence-corrected chi connectivity index (χ4v) is 3.46. The highest BCUT2D eigenvalue weighted by Gasteiger charge is 2.38. The molecule has 0 aliphatic heterocycles. The van der Waals surface area contributed by atoms with Crippen molar-refractivity contribution in [1.29, 1.82) is 0 Å². The van der Waals surface area contributed by atoms with Crippen molar-refractivity contribution in [2.75, 3.05) is 7.11 Å². The number of carbonyl (C=O) groups excluding carboxylic acids is 4. The van der Waals surface area contributed by atoms with Crippen LogP contribution in [-0.2, 0) is 35.1 Å². The molecule has 0 amide bonds. The molecule has 0 aliphatic rings. The van der Waals surface area contributed by atoms with E-state index in [-0.39, 0.29) is 48.0 Å². The summed E-state index contributed by atoms with van der Waals surface area (Å²) in [5.74, 6) is -2.90. The molecular formula is C29H45NO8. The van der Waals surface area contributed by atoms with Gasteiger partial charge in [-0.2, -0.15) is 0 Å². The van der Waals surface area contributed by atoms with Crippen molar-refractivity contribution in [3.8, 4) is 11.5 Å². The number of hydrogen-bond donors (Lipinski definition) is 1. The van der Waals surface area contributed by atoms with Gasteiger partial charge >= 0.3 is 23.9 Å². The molecule has 0 saturated carbocycles. The highest BCUT2D eigenvalue weighted by Crippen LogP contribution is 2.33. The maximum atomic E-state index is 12.8. The number of benzene rings is 1. The lowest BCUT2D eigenvalue weighted by molar-refractivity contribution is -0.157. The molecule has 2 N–H and O–H groups in total. The topological polar surface area (TPSA) is 131 Å². The van der Waals surface area contributed by atoms with Gasteiger partial charge in [0, 0.05) is 12.8 Å². The van der Waals surface area contributed by atoms with E-state index >= 15 is 0 Å². The molecule has 0 aliphatic carbocycles. The zero-order valence-corrected chi connectivity index (χ0v) is 24.5. The van der Waals surface area contributed by atoms with E-state index in [1.807, 2.05) is 27.7 Å². The van der Waals surface area contributed by atoms with Gasteiger partial charge in [-0.1, -0.05) is 61.5 Å². The van der Waals surface area contributed by atoms with Gasteiger partial charge in [-0.25, -0.2) is 0 Å². The average Bonchev–Trinajstić information content (AvgIpc) is 2.83. The third-order valence-electron chi connectivity index (χ3n) is 6.72. The molecular weight excluding hydrogens is 490 g/mol. The highest BCUT2D eigenvalue weighted by molar-refractivity contribution is 5.82. The SMILES string of the molecule is COC(=O)[C@](N)(Cc1ccc(OC(=O)C(C)C(C)C)c(OC(=O)C(C)C(C)C)c1)CC(C)OC(=O)C(C)C. The van der Waals surface area contributed by atoms with Crippen LogP contribution in [0.2, 0.25) is 0 Å². The van der Waals surface area contributed by atoms with E-state index in [0.29, 0.717) is 5.56 Å². The molecule has 0 saturated heterocycles. The first-order valence-corrected chi connectivity index (χ1v) is 13.2. The predicted octanol–water partition coefficient (Wildman–Crippen LogP) is 4.47. The highest BCUT2D eigenvalue weighted by atomic mass is 16.6.